The van der Waals surface area contributed by atoms with E-state index in [1.165, 1.54) is 23.5 Å². The molecule has 2 heterocycles. The number of benzene rings is 1. The Labute approximate surface area is 112 Å². The van der Waals surface area contributed by atoms with E-state index in [0.29, 0.717) is 17.3 Å². The molecule has 3 aromatic rings. The topological polar surface area (TPSA) is 76.2 Å². The van der Waals surface area contributed by atoms with Crippen molar-refractivity contribution >= 4 is 17.3 Å². The molecule has 0 unspecified atom stereocenters. The maximum Gasteiger partial charge on any atom is 0.335 e. The molecule has 0 aliphatic heterocycles. The number of carboxylic acids is 1. The zero-order valence-electron chi connectivity index (χ0n) is 9.61. The zero-order chi connectivity index (χ0) is 13.2. The molecule has 2 aromatic heterocycles. The van der Waals surface area contributed by atoms with Crippen LogP contribution in [0.3, 0.4) is 0 Å². The van der Waals surface area contributed by atoms with Gasteiger partial charge in [-0.05, 0) is 29.6 Å². The van der Waals surface area contributed by atoms with Gasteiger partial charge in [0.1, 0.15) is 0 Å². The second kappa shape index (κ2) is 4.66. The highest BCUT2D eigenvalue weighted by Crippen LogP contribution is 2.25. The molecule has 0 radical (unpaired) electrons. The Morgan fingerprint density at radius 1 is 1.26 bits per heavy atom. The van der Waals surface area contributed by atoms with Crippen LogP contribution in [0.4, 0.5) is 0 Å². The van der Waals surface area contributed by atoms with Gasteiger partial charge < -0.3 is 9.63 Å². The van der Waals surface area contributed by atoms with Crippen molar-refractivity contribution in [3.63, 3.8) is 0 Å². The highest BCUT2D eigenvalue weighted by Gasteiger charge is 2.12. The lowest BCUT2D eigenvalue weighted by Crippen LogP contribution is -1.95. The molecule has 1 N–H and O–H groups in total. The average molecular weight is 272 g/mol. The molecule has 0 aliphatic carbocycles. The Balaban J connectivity index is 1.99. The first-order chi connectivity index (χ1) is 9.24. The number of carbonyl (C=O) groups is 1. The van der Waals surface area contributed by atoms with E-state index in [-0.39, 0.29) is 5.56 Å². The monoisotopic (exact) mass is 272 g/mol. The summed E-state index contributed by atoms with van der Waals surface area (Å²) in [6, 6.07) is 10.2. The second-order valence-corrected chi connectivity index (χ2v) is 4.73. The van der Waals surface area contributed by atoms with Gasteiger partial charge >= 0.3 is 5.97 Å². The van der Waals surface area contributed by atoms with Crippen molar-refractivity contribution in [1.29, 1.82) is 0 Å². The van der Waals surface area contributed by atoms with Crippen LogP contribution in [0.5, 0.6) is 0 Å². The molecule has 0 saturated heterocycles. The van der Waals surface area contributed by atoms with E-state index in [2.05, 4.69) is 10.1 Å². The molecule has 0 amide bonds. The van der Waals surface area contributed by atoms with E-state index in [1.807, 2.05) is 17.5 Å². The highest BCUT2D eigenvalue weighted by molar-refractivity contribution is 7.13. The predicted molar refractivity (Wildman–Crippen MR) is 70.0 cm³/mol. The molecule has 94 valence electrons. The Bertz CT molecular complexity index is 719. The molecular weight excluding hydrogens is 264 g/mol. The first-order valence-electron chi connectivity index (χ1n) is 5.45. The van der Waals surface area contributed by atoms with E-state index < -0.39 is 5.97 Å². The summed E-state index contributed by atoms with van der Waals surface area (Å²) in [6.45, 7) is 0. The van der Waals surface area contributed by atoms with Gasteiger partial charge in [0.15, 0.2) is 0 Å². The van der Waals surface area contributed by atoms with Gasteiger partial charge in [0.25, 0.3) is 5.89 Å². The van der Waals surface area contributed by atoms with Gasteiger partial charge in [-0.15, -0.1) is 11.3 Å². The number of carboxylic acid groups (broad SMARTS) is 1. The summed E-state index contributed by atoms with van der Waals surface area (Å²) in [5.74, 6) is -0.169. The Morgan fingerprint density at radius 2 is 2.16 bits per heavy atom. The second-order valence-electron chi connectivity index (χ2n) is 3.79. The van der Waals surface area contributed by atoms with Crippen molar-refractivity contribution in [3.8, 4) is 22.2 Å². The Morgan fingerprint density at radius 3 is 2.89 bits per heavy atom. The summed E-state index contributed by atoms with van der Waals surface area (Å²) in [5, 5.41) is 14.8. The third-order valence-electron chi connectivity index (χ3n) is 2.52. The van der Waals surface area contributed by atoms with E-state index in [1.54, 1.807) is 12.1 Å². The van der Waals surface area contributed by atoms with E-state index in [4.69, 9.17) is 9.63 Å². The minimum atomic E-state index is -0.986. The largest absolute Gasteiger partial charge is 0.478 e. The molecule has 3 rings (SSSR count). The summed E-state index contributed by atoms with van der Waals surface area (Å²) in [4.78, 5) is 16.1. The smallest absolute Gasteiger partial charge is 0.335 e. The third-order valence-corrected chi connectivity index (χ3v) is 3.39. The quantitative estimate of drug-likeness (QED) is 0.792. The van der Waals surface area contributed by atoms with Crippen molar-refractivity contribution in [2.75, 3.05) is 0 Å². The number of rotatable bonds is 3. The SMILES string of the molecule is O=C(O)c1cccc(-c2nc(-c3cccs3)no2)c1. The fourth-order valence-electron chi connectivity index (χ4n) is 1.63. The number of hydrogen-bond donors (Lipinski definition) is 1. The number of thiophene rings is 1. The van der Waals surface area contributed by atoms with Gasteiger partial charge in [0, 0.05) is 5.56 Å². The van der Waals surface area contributed by atoms with Crippen LogP contribution in [0, 0.1) is 0 Å². The van der Waals surface area contributed by atoms with Crippen LogP contribution in [0.25, 0.3) is 22.2 Å². The molecule has 5 nitrogen and oxygen atoms in total. The van der Waals surface area contributed by atoms with Crippen LogP contribution in [-0.4, -0.2) is 21.2 Å². The Hall–Kier alpha value is -2.47. The molecule has 6 heteroatoms. The molecule has 19 heavy (non-hydrogen) atoms. The summed E-state index contributed by atoms with van der Waals surface area (Å²) in [5.41, 5.74) is 0.781. The lowest BCUT2D eigenvalue weighted by atomic mass is 10.1. The molecule has 0 saturated carbocycles. The lowest BCUT2D eigenvalue weighted by molar-refractivity contribution is 0.0697. The molecule has 0 bridgehead atoms. The third kappa shape index (κ3) is 2.25. The maximum absolute atomic E-state index is 10.9. The zero-order valence-corrected chi connectivity index (χ0v) is 10.4. The highest BCUT2D eigenvalue weighted by atomic mass is 32.1. The minimum absolute atomic E-state index is 0.188. The lowest BCUT2D eigenvalue weighted by Gasteiger charge is -1.96. The normalized spacial score (nSPS) is 10.5. The molecule has 1 aromatic carbocycles. The predicted octanol–water partition coefficient (Wildman–Crippen LogP) is 3.16. The minimum Gasteiger partial charge on any atom is -0.478 e. The van der Waals surface area contributed by atoms with Crippen molar-refractivity contribution in [2.24, 2.45) is 0 Å². The molecule has 0 atom stereocenters. The summed E-state index contributed by atoms with van der Waals surface area (Å²) in [7, 11) is 0. The molecule has 0 spiro atoms. The Kier molecular flexibility index (Phi) is 2.85. The van der Waals surface area contributed by atoms with Crippen molar-refractivity contribution in [2.45, 2.75) is 0 Å². The van der Waals surface area contributed by atoms with Crippen LogP contribution in [0.1, 0.15) is 10.4 Å². The van der Waals surface area contributed by atoms with Crippen LogP contribution in [0.2, 0.25) is 0 Å². The molecule has 0 fully saturated rings. The molecular formula is C13H8N2O3S. The number of hydrogen-bond acceptors (Lipinski definition) is 5. The summed E-state index contributed by atoms with van der Waals surface area (Å²) >= 11 is 1.51. The first-order valence-corrected chi connectivity index (χ1v) is 6.33. The maximum atomic E-state index is 10.9. The average Bonchev–Trinajstić information content (AvgIpc) is 3.09. The van der Waals surface area contributed by atoms with Gasteiger partial charge in [0.05, 0.1) is 10.4 Å². The van der Waals surface area contributed by atoms with Crippen molar-refractivity contribution in [1.82, 2.24) is 10.1 Å². The fourth-order valence-corrected chi connectivity index (χ4v) is 2.28. The van der Waals surface area contributed by atoms with Crippen LogP contribution >= 0.6 is 11.3 Å². The number of aromatic carboxylic acids is 1. The van der Waals surface area contributed by atoms with E-state index >= 15 is 0 Å². The summed E-state index contributed by atoms with van der Waals surface area (Å²) < 4.78 is 5.16. The van der Waals surface area contributed by atoms with Gasteiger partial charge in [-0.25, -0.2) is 4.79 Å². The standard InChI is InChI=1S/C13H8N2O3S/c16-13(17)9-4-1-3-8(7-9)12-14-11(15-18-12)10-5-2-6-19-10/h1-7H,(H,16,17). The first kappa shape index (κ1) is 11.6. The van der Waals surface area contributed by atoms with E-state index in [0.717, 1.165) is 4.88 Å². The summed E-state index contributed by atoms with van der Waals surface area (Å²) in [6.07, 6.45) is 0. The van der Waals surface area contributed by atoms with Gasteiger partial charge in [-0.2, -0.15) is 4.98 Å². The van der Waals surface area contributed by atoms with Crippen LogP contribution < -0.4 is 0 Å². The van der Waals surface area contributed by atoms with Crippen molar-refractivity contribution in [3.05, 3.63) is 47.3 Å². The van der Waals surface area contributed by atoms with Gasteiger partial charge in [0.2, 0.25) is 5.82 Å². The van der Waals surface area contributed by atoms with Crippen molar-refractivity contribution < 1.29 is 14.4 Å². The van der Waals surface area contributed by atoms with Gasteiger partial charge in [-0.1, -0.05) is 17.3 Å². The van der Waals surface area contributed by atoms with Crippen LogP contribution in [-0.2, 0) is 0 Å². The van der Waals surface area contributed by atoms with Gasteiger partial charge in [-0.3, -0.25) is 0 Å². The number of aromatic nitrogens is 2. The van der Waals surface area contributed by atoms with E-state index in [9.17, 15) is 4.79 Å². The molecule has 0 aliphatic rings. The fraction of sp³-hybridized carbons (Fsp3) is 0. The number of nitrogens with zero attached hydrogens (tertiary/aromatic N) is 2. The van der Waals surface area contributed by atoms with Crippen LogP contribution in [0.15, 0.2) is 46.3 Å².